The summed E-state index contributed by atoms with van der Waals surface area (Å²) in [5.74, 6) is 2.37. The predicted octanol–water partition coefficient (Wildman–Crippen LogP) is 9.60. The highest BCUT2D eigenvalue weighted by molar-refractivity contribution is 6.14. The summed E-state index contributed by atoms with van der Waals surface area (Å²) in [5, 5.41) is 14.4. The molecule has 0 aliphatic heterocycles. The van der Waals surface area contributed by atoms with Gasteiger partial charge in [0.05, 0.1) is 16.6 Å². The van der Waals surface area contributed by atoms with Gasteiger partial charge in [-0.15, -0.1) is 10.2 Å². The molecule has 0 amide bonds. The van der Waals surface area contributed by atoms with Gasteiger partial charge in [-0.1, -0.05) is 60.7 Å². The average molecular weight is 582 g/mol. The number of hydrogen-bond acceptors (Lipinski definition) is 4. The Morgan fingerprint density at radius 1 is 0.600 bits per heavy atom. The van der Waals surface area contributed by atoms with Gasteiger partial charge in [0.2, 0.25) is 0 Å². The molecule has 9 aromatic rings. The lowest BCUT2D eigenvalue weighted by Gasteiger charge is -2.17. The lowest BCUT2D eigenvalue weighted by Crippen LogP contribution is -1.97. The minimum absolute atomic E-state index is 0.743. The number of rotatable bonds is 4. The topological polar surface area (TPSA) is 57.2 Å². The monoisotopic (exact) mass is 581 g/mol. The Hall–Kier alpha value is -6.01. The van der Waals surface area contributed by atoms with Crippen LogP contribution in [0.4, 0.5) is 0 Å². The summed E-state index contributed by atoms with van der Waals surface area (Å²) in [4.78, 5) is 4.72. The van der Waals surface area contributed by atoms with Crippen molar-refractivity contribution in [1.82, 2.24) is 24.1 Å². The van der Waals surface area contributed by atoms with Gasteiger partial charge in [0.25, 0.3) is 0 Å². The van der Waals surface area contributed by atoms with E-state index in [1.165, 1.54) is 16.5 Å². The maximum absolute atomic E-state index is 6.90. The SMILES string of the molecule is Cc1ccccc1-c1cc2c3ccccc3n3cnnc3c2cc1Oc1ccc2c3c(C)cccc3n(-c3ccccn3)c2c1. The van der Waals surface area contributed by atoms with E-state index in [9.17, 15) is 0 Å². The fourth-order valence-electron chi connectivity index (χ4n) is 6.81. The third-order valence-electron chi connectivity index (χ3n) is 8.87. The first-order valence-electron chi connectivity index (χ1n) is 15.0. The van der Waals surface area contributed by atoms with Crippen molar-refractivity contribution in [2.24, 2.45) is 0 Å². The van der Waals surface area contributed by atoms with Crippen molar-refractivity contribution in [2.75, 3.05) is 0 Å². The molecule has 6 heteroatoms. The highest BCUT2D eigenvalue weighted by Gasteiger charge is 2.19. The third-order valence-corrected chi connectivity index (χ3v) is 8.87. The van der Waals surface area contributed by atoms with Crippen molar-refractivity contribution in [3.8, 4) is 28.4 Å². The zero-order chi connectivity index (χ0) is 30.1. The van der Waals surface area contributed by atoms with Crippen LogP contribution in [0, 0.1) is 13.8 Å². The number of benzene rings is 5. The first-order chi connectivity index (χ1) is 22.2. The largest absolute Gasteiger partial charge is 0.457 e. The van der Waals surface area contributed by atoms with Crippen LogP contribution in [-0.2, 0) is 0 Å². The summed E-state index contributed by atoms with van der Waals surface area (Å²) in [5.41, 5.74) is 8.57. The Labute approximate surface area is 258 Å². The number of pyridine rings is 2. The molecule has 214 valence electrons. The van der Waals surface area contributed by atoms with Crippen molar-refractivity contribution in [3.63, 3.8) is 0 Å². The van der Waals surface area contributed by atoms with Gasteiger partial charge in [0.15, 0.2) is 5.65 Å². The highest BCUT2D eigenvalue weighted by Crippen LogP contribution is 2.42. The van der Waals surface area contributed by atoms with Gasteiger partial charge < -0.3 is 4.74 Å². The first kappa shape index (κ1) is 25.5. The standard InChI is InChI=1S/C39H27N5O/c1-24-10-3-4-12-27(24)31-21-30-28-13-5-6-14-33(28)43-23-41-42-39(43)32(30)22-36(31)45-26-17-18-29-35(20-26)44(37-16-7-8-19-40-37)34-15-9-11-25(2)38(29)34/h3-23H,1-2H3. The summed E-state index contributed by atoms with van der Waals surface area (Å²) in [6.07, 6.45) is 3.61. The van der Waals surface area contributed by atoms with Crippen molar-refractivity contribution >= 4 is 49.1 Å². The minimum atomic E-state index is 0.743. The minimum Gasteiger partial charge on any atom is -0.457 e. The Morgan fingerprint density at radius 2 is 1.42 bits per heavy atom. The van der Waals surface area contributed by atoms with E-state index in [0.717, 1.165) is 72.2 Å². The molecule has 0 atom stereocenters. The molecule has 45 heavy (non-hydrogen) atoms. The van der Waals surface area contributed by atoms with Crippen LogP contribution in [0.15, 0.2) is 128 Å². The molecule has 5 aromatic carbocycles. The van der Waals surface area contributed by atoms with Crippen LogP contribution in [0.3, 0.4) is 0 Å². The number of aromatic nitrogens is 5. The number of ether oxygens (including phenoxy) is 1. The highest BCUT2D eigenvalue weighted by atomic mass is 16.5. The fraction of sp³-hybridized carbons (Fsp3) is 0.0513. The molecule has 6 nitrogen and oxygen atoms in total. The van der Waals surface area contributed by atoms with E-state index in [0.29, 0.717) is 0 Å². The van der Waals surface area contributed by atoms with E-state index in [1.54, 1.807) is 6.33 Å². The summed E-state index contributed by atoms with van der Waals surface area (Å²) in [6, 6.07) is 40.0. The number of nitrogens with zero attached hydrogens (tertiary/aromatic N) is 5. The molecule has 9 rings (SSSR count). The first-order valence-corrected chi connectivity index (χ1v) is 15.0. The van der Waals surface area contributed by atoms with Crippen molar-refractivity contribution in [1.29, 1.82) is 0 Å². The molecule has 4 aromatic heterocycles. The zero-order valence-electron chi connectivity index (χ0n) is 24.8. The Bertz CT molecular complexity index is 2600. The molecule has 0 spiro atoms. The Kier molecular flexibility index (Phi) is 5.53. The van der Waals surface area contributed by atoms with Crippen molar-refractivity contribution < 1.29 is 4.74 Å². The van der Waals surface area contributed by atoms with Crippen LogP contribution < -0.4 is 4.74 Å². The van der Waals surface area contributed by atoms with Gasteiger partial charge in [0.1, 0.15) is 23.6 Å². The number of hydrogen-bond donors (Lipinski definition) is 0. The van der Waals surface area contributed by atoms with E-state index < -0.39 is 0 Å². The van der Waals surface area contributed by atoms with E-state index in [1.807, 2.05) is 24.4 Å². The number of para-hydroxylation sites is 1. The summed E-state index contributed by atoms with van der Waals surface area (Å²) in [7, 11) is 0. The van der Waals surface area contributed by atoms with Gasteiger partial charge in [0, 0.05) is 39.4 Å². The molecule has 0 unspecified atom stereocenters. The van der Waals surface area contributed by atoms with Gasteiger partial charge >= 0.3 is 0 Å². The fourth-order valence-corrected chi connectivity index (χ4v) is 6.81. The van der Waals surface area contributed by atoms with Gasteiger partial charge in [-0.25, -0.2) is 4.98 Å². The van der Waals surface area contributed by atoms with Gasteiger partial charge in [-0.05, 0) is 84.5 Å². The predicted molar refractivity (Wildman–Crippen MR) is 182 cm³/mol. The molecule has 0 fully saturated rings. The molecule has 0 aliphatic rings. The van der Waals surface area contributed by atoms with Crippen molar-refractivity contribution in [2.45, 2.75) is 13.8 Å². The molecule has 0 N–H and O–H groups in total. The lowest BCUT2D eigenvalue weighted by atomic mass is 9.95. The smallest absolute Gasteiger partial charge is 0.169 e. The second-order valence-electron chi connectivity index (χ2n) is 11.5. The van der Waals surface area contributed by atoms with Crippen LogP contribution in [0.25, 0.3) is 66.1 Å². The van der Waals surface area contributed by atoms with E-state index in [-0.39, 0.29) is 0 Å². The Morgan fingerprint density at radius 3 is 2.31 bits per heavy atom. The average Bonchev–Trinajstić information content (AvgIpc) is 3.70. The van der Waals surface area contributed by atoms with Crippen LogP contribution in [0.5, 0.6) is 11.5 Å². The Balaban J connectivity index is 1.31. The number of aryl methyl sites for hydroxylation is 2. The maximum atomic E-state index is 6.90. The van der Waals surface area contributed by atoms with Crippen LogP contribution in [0.2, 0.25) is 0 Å². The normalized spacial score (nSPS) is 11.8. The number of fused-ring (bicyclic) bond motifs is 9. The second-order valence-corrected chi connectivity index (χ2v) is 11.5. The molecule has 0 aliphatic carbocycles. The molecule has 0 bridgehead atoms. The van der Waals surface area contributed by atoms with Gasteiger partial charge in [-0.3, -0.25) is 8.97 Å². The molecule has 0 saturated heterocycles. The molecular weight excluding hydrogens is 554 g/mol. The van der Waals surface area contributed by atoms with E-state index in [4.69, 9.17) is 9.72 Å². The molecule has 0 radical (unpaired) electrons. The zero-order valence-corrected chi connectivity index (χ0v) is 24.8. The molecule has 4 heterocycles. The van der Waals surface area contributed by atoms with Crippen LogP contribution in [-0.4, -0.2) is 24.1 Å². The van der Waals surface area contributed by atoms with Crippen LogP contribution >= 0.6 is 0 Å². The maximum Gasteiger partial charge on any atom is 0.169 e. The summed E-state index contributed by atoms with van der Waals surface area (Å²) in [6.45, 7) is 4.30. The second kappa shape index (κ2) is 9.76. The van der Waals surface area contributed by atoms with Crippen molar-refractivity contribution in [3.05, 3.63) is 139 Å². The van der Waals surface area contributed by atoms with E-state index in [2.05, 4.69) is 130 Å². The molecule has 0 saturated carbocycles. The van der Waals surface area contributed by atoms with Gasteiger partial charge in [-0.2, -0.15) is 0 Å². The quantitative estimate of drug-likeness (QED) is 0.194. The lowest BCUT2D eigenvalue weighted by molar-refractivity contribution is 0.486. The van der Waals surface area contributed by atoms with E-state index >= 15 is 0 Å². The summed E-state index contributed by atoms with van der Waals surface area (Å²) < 4.78 is 11.2. The summed E-state index contributed by atoms with van der Waals surface area (Å²) >= 11 is 0. The third kappa shape index (κ3) is 3.85. The molecular formula is C39H27N5O. The van der Waals surface area contributed by atoms with Crippen LogP contribution in [0.1, 0.15) is 11.1 Å².